The minimum absolute atomic E-state index is 0.0612. The Morgan fingerprint density at radius 2 is 1.24 bits per heavy atom. The van der Waals surface area contributed by atoms with E-state index in [1.165, 1.54) is 0 Å². The summed E-state index contributed by atoms with van der Waals surface area (Å²) in [5, 5.41) is 10.2. The third kappa shape index (κ3) is 8.60. The quantitative estimate of drug-likeness (QED) is 0.240. The van der Waals surface area contributed by atoms with E-state index in [0.29, 0.717) is 19.0 Å². The summed E-state index contributed by atoms with van der Waals surface area (Å²) in [5.74, 6) is 0.429. The number of benzene rings is 3. The van der Waals surface area contributed by atoms with E-state index < -0.39 is 12.2 Å². The summed E-state index contributed by atoms with van der Waals surface area (Å²) in [4.78, 5) is 0. The third-order valence-corrected chi connectivity index (χ3v) is 4.79. The van der Waals surface area contributed by atoms with Gasteiger partial charge in [-0.3, -0.25) is 0 Å². The second-order valence-electron chi connectivity index (χ2n) is 7.87. The number of nitrogens with zero attached hydrogens (tertiary/aromatic N) is 1. The Morgan fingerprint density at radius 3 is 1.79 bits per heavy atom. The first-order valence-electron chi connectivity index (χ1n) is 10.9. The van der Waals surface area contributed by atoms with Gasteiger partial charge >= 0.3 is 6.40 Å². The van der Waals surface area contributed by atoms with Gasteiger partial charge in [-0.1, -0.05) is 72.8 Å². The molecule has 3 rings (SSSR count). The average molecular weight is 451 g/mol. The van der Waals surface area contributed by atoms with Crippen molar-refractivity contribution in [3.63, 3.8) is 0 Å². The van der Waals surface area contributed by atoms with Gasteiger partial charge in [0.05, 0.1) is 26.4 Å². The van der Waals surface area contributed by atoms with Crippen molar-refractivity contribution in [3.05, 3.63) is 96.1 Å². The van der Waals surface area contributed by atoms with Gasteiger partial charge in [0, 0.05) is 0 Å². The van der Waals surface area contributed by atoms with Crippen molar-refractivity contribution in [1.29, 1.82) is 0 Å². The number of hydrogen-bond donors (Lipinski definition) is 1. The molecule has 0 saturated heterocycles. The largest absolute Gasteiger partial charge is 0.504 e. The summed E-state index contributed by atoms with van der Waals surface area (Å²) in [6, 6.07) is 26.8. The Hall–Kier alpha value is -3.35. The van der Waals surface area contributed by atoms with Crippen LogP contribution in [0, 0.1) is 0 Å². The number of rotatable bonds is 13. The van der Waals surface area contributed by atoms with Crippen LogP contribution in [0.4, 0.5) is 0 Å². The van der Waals surface area contributed by atoms with Crippen LogP contribution in [-0.4, -0.2) is 55.6 Å². The predicted octanol–water partition coefficient (Wildman–Crippen LogP) is 4.26. The molecule has 0 radical (unpaired) electrons. The summed E-state index contributed by atoms with van der Waals surface area (Å²) in [7, 11) is 3.76. The maximum absolute atomic E-state index is 10.2. The summed E-state index contributed by atoms with van der Waals surface area (Å²) in [5.41, 5.74) is 2.14. The molecule has 1 N–H and O–H groups in total. The van der Waals surface area contributed by atoms with Crippen LogP contribution < -0.4 is 4.74 Å². The van der Waals surface area contributed by atoms with Crippen molar-refractivity contribution >= 4 is 6.40 Å². The van der Waals surface area contributed by atoms with Crippen molar-refractivity contribution in [2.75, 3.05) is 27.3 Å². The van der Waals surface area contributed by atoms with E-state index in [9.17, 15) is 5.11 Å². The van der Waals surface area contributed by atoms with Crippen LogP contribution in [-0.2, 0) is 27.4 Å². The first-order valence-corrected chi connectivity index (χ1v) is 10.9. The monoisotopic (exact) mass is 450 g/mol. The Labute approximate surface area is 195 Å². The first-order chi connectivity index (χ1) is 16.1. The maximum atomic E-state index is 10.2. The smallest absolute Gasteiger partial charge is 0.323 e. The maximum Gasteiger partial charge on any atom is 0.323 e. The van der Waals surface area contributed by atoms with E-state index in [0.717, 1.165) is 11.1 Å². The van der Waals surface area contributed by atoms with Crippen LogP contribution in [0.5, 0.6) is 11.5 Å². The fraction of sp³-hybridized carbons (Fsp3) is 0.296. The zero-order chi connectivity index (χ0) is 23.3. The number of aromatic hydroxyl groups is 1. The van der Waals surface area contributed by atoms with Crippen LogP contribution in [0.3, 0.4) is 0 Å². The molecule has 0 bridgehead atoms. The second-order valence-corrected chi connectivity index (χ2v) is 7.87. The van der Waals surface area contributed by atoms with Gasteiger partial charge in [-0.2, -0.15) is 0 Å². The molecule has 0 aliphatic heterocycles. The molecule has 0 aliphatic rings. The van der Waals surface area contributed by atoms with Gasteiger partial charge in [-0.25, -0.2) is 4.58 Å². The zero-order valence-electron chi connectivity index (χ0n) is 19.2. The molecule has 33 heavy (non-hydrogen) atoms. The number of ether oxygens (including phenoxy) is 4. The van der Waals surface area contributed by atoms with Gasteiger partial charge < -0.3 is 24.1 Å². The van der Waals surface area contributed by atoms with Crippen LogP contribution >= 0.6 is 0 Å². The highest BCUT2D eigenvalue weighted by molar-refractivity contribution is 5.40. The molecule has 174 valence electrons. The molecule has 0 fully saturated rings. The molecule has 0 saturated carbocycles. The molecule has 0 amide bonds. The van der Waals surface area contributed by atoms with Gasteiger partial charge in [0.25, 0.3) is 0 Å². The first kappa shape index (κ1) is 24.3. The summed E-state index contributed by atoms with van der Waals surface area (Å²) < 4.78 is 25.9. The van der Waals surface area contributed by atoms with Crippen LogP contribution in [0.15, 0.2) is 84.9 Å². The number of para-hydroxylation sites is 2. The molecular weight excluding hydrogens is 418 g/mol. The molecule has 2 atom stereocenters. The molecule has 6 nitrogen and oxygen atoms in total. The predicted molar refractivity (Wildman–Crippen MR) is 128 cm³/mol. The molecular formula is C27H32NO5+. The normalized spacial score (nSPS) is 12.5. The van der Waals surface area contributed by atoms with Crippen LogP contribution in [0.2, 0.25) is 0 Å². The Balaban J connectivity index is 1.71. The molecule has 6 heteroatoms. The highest BCUT2D eigenvalue weighted by Crippen LogP contribution is 2.27. The fourth-order valence-corrected chi connectivity index (χ4v) is 3.11. The molecule has 0 spiro atoms. The SMILES string of the molecule is C[N+](C)=CO[C@@H](COCc1ccccc1)[C@@H](COCc1ccccc1)Oc1ccccc1O. The Kier molecular flexibility index (Phi) is 9.76. The van der Waals surface area contributed by atoms with Crippen LogP contribution in [0.1, 0.15) is 11.1 Å². The number of phenolic OH excluding ortho intramolecular Hbond substituents is 1. The van der Waals surface area contributed by atoms with E-state index in [1.807, 2.05) is 85.4 Å². The average Bonchev–Trinajstić information content (AvgIpc) is 2.83. The standard InChI is InChI=1S/C27H31NO5/c1-28(2)21-32-26(19-30-17-22-11-5-3-6-12-22)27(33-25-16-10-9-15-24(25)29)20-31-18-23-13-7-4-8-14-23/h3-16,21,26-27H,17-20H2,1-2H3/p+1/t26-,27+/m0/s1. The van der Waals surface area contributed by atoms with Crippen molar-refractivity contribution in [2.24, 2.45) is 0 Å². The van der Waals surface area contributed by atoms with Gasteiger partial charge in [0.2, 0.25) is 0 Å². The highest BCUT2D eigenvalue weighted by Gasteiger charge is 2.27. The molecule has 0 aromatic heterocycles. The summed E-state index contributed by atoms with van der Waals surface area (Å²) in [6.07, 6.45) is 0.634. The lowest BCUT2D eigenvalue weighted by Crippen LogP contribution is -2.41. The Morgan fingerprint density at radius 1 is 0.727 bits per heavy atom. The van der Waals surface area contributed by atoms with Crippen LogP contribution in [0.25, 0.3) is 0 Å². The zero-order valence-corrected chi connectivity index (χ0v) is 19.2. The molecule has 3 aromatic carbocycles. The lowest BCUT2D eigenvalue weighted by molar-refractivity contribution is -0.469. The van der Waals surface area contributed by atoms with Crippen molar-refractivity contribution in [3.8, 4) is 11.5 Å². The summed E-state index contributed by atoms with van der Waals surface area (Å²) >= 11 is 0. The number of phenols is 1. The summed E-state index contributed by atoms with van der Waals surface area (Å²) in [6.45, 7) is 1.43. The topological polar surface area (TPSA) is 60.2 Å². The van der Waals surface area contributed by atoms with Gasteiger partial charge in [-0.05, 0) is 23.3 Å². The highest BCUT2D eigenvalue weighted by atomic mass is 16.6. The van der Waals surface area contributed by atoms with Gasteiger partial charge in [0.15, 0.2) is 23.7 Å². The van der Waals surface area contributed by atoms with E-state index in [1.54, 1.807) is 24.6 Å². The van der Waals surface area contributed by atoms with E-state index in [2.05, 4.69) is 0 Å². The minimum atomic E-state index is -0.519. The fourth-order valence-electron chi connectivity index (χ4n) is 3.11. The molecule has 0 aliphatic carbocycles. The van der Waals surface area contributed by atoms with Crippen molar-refractivity contribution in [1.82, 2.24) is 0 Å². The minimum Gasteiger partial charge on any atom is -0.504 e. The van der Waals surface area contributed by atoms with Gasteiger partial charge in [0.1, 0.15) is 14.1 Å². The number of hydrogen-bond acceptors (Lipinski definition) is 5. The van der Waals surface area contributed by atoms with Crippen molar-refractivity contribution in [2.45, 2.75) is 25.4 Å². The lowest BCUT2D eigenvalue weighted by Gasteiger charge is -2.26. The molecule has 3 aromatic rings. The molecule has 0 unspecified atom stereocenters. The second kappa shape index (κ2) is 13.3. The Bertz CT molecular complexity index is 974. The van der Waals surface area contributed by atoms with Crippen molar-refractivity contribution < 1.29 is 28.6 Å². The third-order valence-electron chi connectivity index (χ3n) is 4.79. The van der Waals surface area contributed by atoms with Gasteiger partial charge in [-0.15, -0.1) is 0 Å². The lowest BCUT2D eigenvalue weighted by atomic mass is 10.2. The van der Waals surface area contributed by atoms with E-state index in [4.69, 9.17) is 18.9 Å². The van der Waals surface area contributed by atoms with E-state index in [-0.39, 0.29) is 19.0 Å². The molecule has 0 heterocycles. The van der Waals surface area contributed by atoms with E-state index >= 15 is 0 Å².